The topological polar surface area (TPSA) is 18.5 Å². The lowest BCUT2D eigenvalue weighted by molar-refractivity contribution is 0.0997. The lowest BCUT2D eigenvalue weighted by Gasteiger charge is -2.10. The summed E-state index contributed by atoms with van der Waals surface area (Å²) in [5.41, 5.74) is 0. The molecule has 1 unspecified atom stereocenters. The average Bonchev–Trinajstić information content (AvgIpc) is 2.14. The summed E-state index contributed by atoms with van der Waals surface area (Å²) >= 11 is 0. The molecule has 2 heteroatoms. The van der Waals surface area contributed by atoms with Crippen molar-refractivity contribution >= 4 is 0 Å². The van der Waals surface area contributed by atoms with Crippen molar-refractivity contribution < 1.29 is 9.47 Å². The Morgan fingerprint density at radius 3 is 1.53 bits per heavy atom. The molecule has 0 fully saturated rings. The second-order valence-electron chi connectivity index (χ2n) is 4.85. The van der Waals surface area contributed by atoms with Gasteiger partial charge in [0.05, 0.1) is 6.10 Å². The highest BCUT2D eigenvalue weighted by molar-refractivity contribution is 4.51. The highest BCUT2D eigenvalue weighted by Gasteiger charge is 2.00. The van der Waals surface area contributed by atoms with Crippen LogP contribution in [0.15, 0.2) is 0 Å². The second-order valence-corrected chi connectivity index (χ2v) is 4.85. The van der Waals surface area contributed by atoms with E-state index in [0.29, 0.717) is 6.10 Å². The summed E-state index contributed by atoms with van der Waals surface area (Å²) in [7, 11) is 3.50. The number of ether oxygens (including phenoxy) is 2. The number of methoxy groups -OCH3 is 2. The van der Waals surface area contributed by atoms with Crippen LogP contribution in [0, 0.1) is 11.8 Å². The zero-order valence-corrected chi connectivity index (χ0v) is 11.7. The van der Waals surface area contributed by atoms with E-state index in [1.165, 1.54) is 6.42 Å². The Kier molecular flexibility index (Phi) is 13.8. The van der Waals surface area contributed by atoms with Gasteiger partial charge in [-0.25, -0.2) is 0 Å². The monoisotopic (exact) mass is 218 g/mol. The maximum absolute atomic E-state index is 5.06. The van der Waals surface area contributed by atoms with Gasteiger partial charge in [-0.1, -0.05) is 27.7 Å². The van der Waals surface area contributed by atoms with E-state index in [1.54, 1.807) is 14.2 Å². The van der Waals surface area contributed by atoms with E-state index in [1.807, 2.05) is 0 Å². The molecule has 0 saturated carbocycles. The first-order chi connectivity index (χ1) is 6.93. The van der Waals surface area contributed by atoms with Gasteiger partial charge in [0.1, 0.15) is 0 Å². The fourth-order valence-corrected chi connectivity index (χ4v) is 1.11. The summed E-state index contributed by atoms with van der Waals surface area (Å²) in [6, 6.07) is 0. The molecule has 0 saturated heterocycles. The first-order valence-corrected chi connectivity index (χ1v) is 5.95. The molecule has 0 aromatic heterocycles. The Balaban J connectivity index is 0. The Hall–Kier alpha value is -0.0800. The van der Waals surface area contributed by atoms with Crippen LogP contribution < -0.4 is 0 Å². The van der Waals surface area contributed by atoms with Crippen LogP contribution in [0.1, 0.15) is 47.5 Å². The van der Waals surface area contributed by atoms with Crippen molar-refractivity contribution in [2.75, 3.05) is 20.8 Å². The van der Waals surface area contributed by atoms with Gasteiger partial charge < -0.3 is 9.47 Å². The van der Waals surface area contributed by atoms with E-state index in [9.17, 15) is 0 Å². The third kappa shape index (κ3) is 20.1. The van der Waals surface area contributed by atoms with Crippen molar-refractivity contribution in [1.29, 1.82) is 0 Å². The van der Waals surface area contributed by atoms with Crippen LogP contribution >= 0.6 is 0 Å². The summed E-state index contributed by atoms with van der Waals surface area (Å²) < 4.78 is 9.91. The van der Waals surface area contributed by atoms with Crippen LogP contribution in [0.25, 0.3) is 0 Å². The third-order valence-electron chi connectivity index (χ3n) is 2.11. The van der Waals surface area contributed by atoms with E-state index < -0.39 is 0 Å². The van der Waals surface area contributed by atoms with Gasteiger partial charge in [-0.15, -0.1) is 0 Å². The minimum atomic E-state index is 0.426. The Bertz CT molecular complexity index is 111. The smallest absolute Gasteiger partial charge is 0.0545 e. The van der Waals surface area contributed by atoms with Gasteiger partial charge in [0.25, 0.3) is 0 Å². The van der Waals surface area contributed by atoms with Crippen LogP contribution in [0.5, 0.6) is 0 Å². The molecule has 0 heterocycles. The van der Waals surface area contributed by atoms with Gasteiger partial charge >= 0.3 is 0 Å². The van der Waals surface area contributed by atoms with Gasteiger partial charge in [0, 0.05) is 20.8 Å². The lowest BCUT2D eigenvalue weighted by Crippen LogP contribution is -2.07. The largest absolute Gasteiger partial charge is 0.385 e. The molecule has 0 amide bonds. The summed E-state index contributed by atoms with van der Waals surface area (Å²) in [6.07, 6.45) is 2.77. The van der Waals surface area contributed by atoms with Gasteiger partial charge in [-0.05, 0) is 31.6 Å². The summed E-state index contributed by atoms with van der Waals surface area (Å²) in [6.45, 7) is 11.8. The first-order valence-electron chi connectivity index (χ1n) is 5.95. The molecule has 0 aliphatic rings. The minimum Gasteiger partial charge on any atom is -0.385 e. The van der Waals surface area contributed by atoms with Crippen molar-refractivity contribution in [2.24, 2.45) is 11.8 Å². The molecule has 15 heavy (non-hydrogen) atoms. The van der Waals surface area contributed by atoms with Crippen molar-refractivity contribution in [2.45, 2.75) is 53.6 Å². The van der Waals surface area contributed by atoms with Crippen LogP contribution in [-0.2, 0) is 9.47 Å². The van der Waals surface area contributed by atoms with Crippen molar-refractivity contribution in [1.82, 2.24) is 0 Å². The first kappa shape index (κ1) is 17.3. The van der Waals surface area contributed by atoms with Crippen molar-refractivity contribution in [3.05, 3.63) is 0 Å². The molecule has 0 bridgehead atoms. The summed E-state index contributed by atoms with van der Waals surface area (Å²) in [4.78, 5) is 0. The fourth-order valence-electron chi connectivity index (χ4n) is 1.11. The van der Waals surface area contributed by atoms with Gasteiger partial charge in [-0.2, -0.15) is 0 Å². The van der Waals surface area contributed by atoms with Crippen LogP contribution in [0.4, 0.5) is 0 Å². The maximum Gasteiger partial charge on any atom is 0.0545 e. The number of hydrogen-bond donors (Lipinski definition) is 0. The lowest BCUT2D eigenvalue weighted by atomic mass is 10.1. The zero-order valence-electron chi connectivity index (χ0n) is 11.7. The highest BCUT2D eigenvalue weighted by Crippen LogP contribution is 2.05. The molecule has 94 valence electrons. The van der Waals surface area contributed by atoms with E-state index in [2.05, 4.69) is 34.6 Å². The number of hydrogen-bond acceptors (Lipinski definition) is 2. The molecule has 2 nitrogen and oxygen atoms in total. The molecule has 0 aromatic carbocycles. The van der Waals surface area contributed by atoms with Gasteiger partial charge in [-0.3, -0.25) is 0 Å². The van der Waals surface area contributed by atoms with Gasteiger partial charge in [0.2, 0.25) is 0 Å². The zero-order chi connectivity index (χ0) is 12.3. The molecule has 0 aliphatic carbocycles. The Morgan fingerprint density at radius 1 is 0.867 bits per heavy atom. The van der Waals surface area contributed by atoms with E-state index >= 15 is 0 Å². The molecular formula is C13H30O2. The Morgan fingerprint density at radius 2 is 1.40 bits per heavy atom. The molecule has 0 aliphatic heterocycles. The SMILES string of the molecule is COC(C)CC(C)C.COCCC(C)C. The molecule has 0 radical (unpaired) electrons. The summed E-state index contributed by atoms with van der Waals surface area (Å²) in [5.74, 6) is 1.53. The standard InChI is InChI=1S/C7H16O.C6H14O/c1-6(2)5-7(3)8-4;1-6(2)4-5-7-3/h6-7H,5H2,1-4H3;6H,4-5H2,1-3H3. The normalized spacial score (nSPS) is 12.6. The van der Waals surface area contributed by atoms with Crippen molar-refractivity contribution in [3.63, 3.8) is 0 Å². The summed E-state index contributed by atoms with van der Waals surface area (Å²) in [5, 5.41) is 0. The molecule has 0 rings (SSSR count). The van der Waals surface area contributed by atoms with Crippen LogP contribution in [0.2, 0.25) is 0 Å². The molecule has 1 atom stereocenters. The fraction of sp³-hybridized carbons (Fsp3) is 1.00. The Labute approximate surface area is 96.4 Å². The average molecular weight is 218 g/mol. The van der Waals surface area contributed by atoms with Crippen LogP contribution in [-0.4, -0.2) is 26.9 Å². The van der Waals surface area contributed by atoms with E-state index in [0.717, 1.165) is 24.9 Å². The second kappa shape index (κ2) is 12.0. The van der Waals surface area contributed by atoms with E-state index in [4.69, 9.17) is 9.47 Å². The predicted octanol–water partition coefficient (Wildman–Crippen LogP) is 3.75. The third-order valence-corrected chi connectivity index (χ3v) is 2.11. The molecule has 0 spiro atoms. The number of rotatable bonds is 6. The van der Waals surface area contributed by atoms with E-state index in [-0.39, 0.29) is 0 Å². The van der Waals surface area contributed by atoms with Crippen molar-refractivity contribution in [3.8, 4) is 0 Å². The molecule has 0 N–H and O–H groups in total. The molecule has 0 aromatic rings. The highest BCUT2D eigenvalue weighted by atomic mass is 16.5. The maximum atomic E-state index is 5.06. The van der Waals surface area contributed by atoms with Gasteiger partial charge in [0.15, 0.2) is 0 Å². The predicted molar refractivity (Wildman–Crippen MR) is 67.3 cm³/mol. The molecular weight excluding hydrogens is 188 g/mol. The quantitative estimate of drug-likeness (QED) is 0.676. The minimum absolute atomic E-state index is 0.426. The van der Waals surface area contributed by atoms with Crippen LogP contribution in [0.3, 0.4) is 0 Å².